The van der Waals surface area contributed by atoms with E-state index < -0.39 is 8.07 Å². The predicted octanol–water partition coefficient (Wildman–Crippen LogP) is 7.10. The van der Waals surface area contributed by atoms with E-state index in [0.29, 0.717) is 0 Å². The first kappa shape index (κ1) is 19.0. The van der Waals surface area contributed by atoms with Crippen LogP contribution in [0.5, 0.6) is 0 Å². The lowest BCUT2D eigenvalue weighted by atomic mass is 10.0. The Bertz CT molecular complexity index is 1920. The van der Waals surface area contributed by atoms with Gasteiger partial charge in [0.05, 0.1) is 35.7 Å². The third-order valence-electron chi connectivity index (χ3n) is 7.56. The van der Waals surface area contributed by atoms with Crippen molar-refractivity contribution >= 4 is 73.2 Å². The van der Waals surface area contributed by atoms with Gasteiger partial charge in [-0.1, -0.05) is 67.3 Å². The smallest absolute Gasteiger partial charge is 0.116 e. The van der Waals surface area contributed by atoms with Gasteiger partial charge >= 0.3 is 0 Å². The number of aromatic nitrogens is 3. The summed E-state index contributed by atoms with van der Waals surface area (Å²) in [6.07, 6.45) is 1.74. The van der Waals surface area contributed by atoms with Crippen LogP contribution < -0.4 is 5.19 Å². The maximum atomic E-state index is 4.85. The fourth-order valence-electron chi connectivity index (χ4n) is 5.70. The standard InChI is InChI=1S/C29H25N3Si/c1-16-17(2)28-24-14-20(33(3,4)5)10-11-21(24)25-29-26(31-15-30-25)22-12-18-8-6-7-9-19(18)13-23(22)27(16)32(28)29/h6-15H,1-5H3. The van der Waals surface area contributed by atoms with Crippen LogP contribution in [0.15, 0.2) is 60.9 Å². The molecule has 0 radical (unpaired) electrons. The first-order valence-electron chi connectivity index (χ1n) is 11.6. The van der Waals surface area contributed by atoms with Crippen molar-refractivity contribution in [1.29, 1.82) is 0 Å². The van der Waals surface area contributed by atoms with Crippen LogP contribution in [-0.2, 0) is 0 Å². The van der Waals surface area contributed by atoms with Gasteiger partial charge in [0.1, 0.15) is 6.33 Å². The van der Waals surface area contributed by atoms with Crippen LogP contribution in [0.2, 0.25) is 19.6 Å². The maximum Gasteiger partial charge on any atom is 0.116 e. The molecule has 0 amide bonds. The highest BCUT2D eigenvalue weighted by atomic mass is 28.3. The largest absolute Gasteiger partial charge is 0.305 e. The van der Waals surface area contributed by atoms with Gasteiger partial charge in [-0.05, 0) is 47.9 Å². The normalized spacial score (nSPS) is 13.0. The molecule has 3 aromatic carbocycles. The molecule has 33 heavy (non-hydrogen) atoms. The van der Waals surface area contributed by atoms with Gasteiger partial charge in [0.2, 0.25) is 0 Å². The molecule has 0 unspecified atom stereocenters. The Morgan fingerprint density at radius 3 is 1.85 bits per heavy atom. The summed E-state index contributed by atoms with van der Waals surface area (Å²) in [6.45, 7) is 11.8. The van der Waals surface area contributed by atoms with E-state index in [9.17, 15) is 0 Å². The van der Waals surface area contributed by atoms with Crippen molar-refractivity contribution in [1.82, 2.24) is 14.4 Å². The van der Waals surface area contributed by atoms with Gasteiger partial charge < -0.3 is 4.40 Å². The molecule has 0 aliphatic heterocycles. The molecule has 0 fully saturated rings. The number of hydrogen-bond donors (Lipinski definition) is 0. The van der Waals surface area contributed by atoms with Gasteiger partial charge in [-0.15, -0.1) is 0 Å². The van der Waals surface area contributed by atoms with Gasteiger partial charge in [0.25, 0.3) is 0 Å². The summed E-state index contributed by atoms with van der Waals surface area (Å²) in [7, 11) is -1.46. The van der Waals surface area contributed by atoms with Gasteiger partial charge in [-0.3, -0.25) is 0 Å². The zero-order valence-electron chi connectivity index (χ0n) is 19.6. The predicted molar refractivity (Wildman–Crippen MR) is 144 cm³/mol. The van der Waals surface area contributed by atoms with E-state index in [-0.39, 0.29) is 0 Å². The Hall–Kier alpha value is -3.50. The fourth-order valence-corrected chi connectivity index (χ4v) is 6.86. The monoisotopic (exact) mass is 443 g/mol. The van der Waals surface area contributed by atoms with Crippen LogP contribution in [0, 0.1) is 13.8 Å². The molecule has 7 rings (SSSR count). The zero-order chi connectivity index (χ0) is 22.6. The summed E-state index contributed by atoms with van der Waals surface area (Å²) in [5.41, 5.74) is 8.49. The van der Waals surface area contributed by atoms with Gasteiger partial charge in [0, 0.05) is 21.5 Å². The van der Waals surface area contributed by atoms with E-state index in [1.54, 1.807) is 6.33 Å². The lowest BCUT2D eigenvalue weighted by molar-refractivity contribution is 1.23. The number of hydrogen-bond acceptors (Lipinski definition) is 2. The Morgan fingerprint density at radius 1 is 0.636 bits per heavy atom. The van der Waals surface area contributed by atoms with Crippen LogP contribution in [0.25, 0.3) is 59.9 Å². The average Bonchev–Trinajstić information content (AvgIpc) is 3.08. The molecule has 0 spiro atoms. The minimum absolute atomic E-state index is 1.03. The first-order valence-corrected chi connectivity index (χ1v) is 15.1. The highest BCUT2D eigenvalue weighted by Crippen LogP contribution is 2.42. The Morgan fingerprint density at radius 2 is 1.21 bits per heavy atom. The SMILES string of the molecule is Cc1c(C)c2c3cc4ccccc4cc3c3ncnc4c5ccc([Si](C)(C)C)cc5c1n2c43. The van der Waals surface area contributed by atoms with Crippen molar-refractivity contribution in [3.8, 4) is 0 Å². The molecular formula is C29H25N3Si. The van der Waals surface area contributed by atoms with Crippen molar-refractivity contribution < 1.29 is 0 Å². The summed E-state index contributed by atoms with van der Waals surface area (Å²) >= 11 is 0. The molecule has 160 valence electrons. The number of pyridine rings is 2. The lowest BCUT2D eigenvalue weighted by Gasteiger charge is -2.19. The summed E-state index contributed by atoms with van der Waals surface area (Å²) in [6, 6.07) is 20.3. The number of benzene rings is 3. The fraction of sp³-hybridized carbons (Fsp3) is 0.172. The van der Waals surface area contributed by atoms with Gasteiger partial charge in [-0.25, -0.2) is 9.97 Å². The summed E-state index contributed by atoms with van der Waals surface area (Å²) in [5, 5.41) is 8.99. The number of aryl methyl sites for hydroxylation is 2. The van der Waals surface area contributed by atoms with E-state index >= 15 is 0 Å². The third-order valence-corrected chi connectivity index (χ3v) is 9.60. The lowest BCUT2D eigenvalue weighted by Crippen LogP contribution is -2.37. The molecular weight excluding hydrogens is 418 g/mol. The topological polar surface area (TPSA) is 30.2 Å². The van der Waals surface area contributed by atoms with E-state index in [1.165, 1.54) is 59.7 Å². The third kappa shape index (κ3) is 2.34. The second kappa shape index (κ2) is 6.09. The van der Waals surface area contributed by atoms with Crippen molar-refractivity contribution in [2.75, 3.05) is 0 Å². The number of nitrogens with zero attached hydrogens (tertiary/aromatic N) is 3. The Balaban J connectivity index is 1.85. The molecule has 0 aliphatic rings. The Labute approximate surface area is 193 Å². The summed E-state index contributed by atoms with van der Waals surface area (Å²) in [4.78, 5) is 9.69. The van der Waals surface area contributed by atoms with E-state index in [2.05, 4.69) is 92.5 Å². The minimum atomic E-state index is -1.46. The van der Waals surface area contributed by atoms with Gasteiger partial charge in [-0.2, -0.15) is 0 Å². The minimum Gasteiger partial charge on any atom is -0.305 e. The van der Waals surface area contributed by atoms with Crippen LogP contribution in [0.3, 0.4) is 0 Å². The average molecular weight is 444 g/mol. The molecule has 4 heteroatoms. The van der Waals surface area contributed by atoms with Crippen molar-refractivity contribution in [2.45, 2.75) is 33.5 Å². The van der Waals surface area contributed by atoms with Crippen LogP contribution in [-0.4, -0.2) is 22.4 Å². The van der Waals surface area contributed by atoms with Crippen LogP contribution >= 0.6 is 0 Å². The van der Waals surface area contributed by atoms with E-state index in [4.69, 9.17) is 9.97 Å². The van der Waals surface area contributed by atoms with Crippen molar-refractivity contribution in [3.05, 3.63) is 72.1 Å². The highest BCUT2D eigenvalue weighted by molar-refractivity contribution is 6.88. The molecule has 3 nitrogen and oxygen atoms in total. The van der Waals surface area contributed by atoms with Crippen LogP contribution in [0.1, 0.15) is 11.1 Å². The molecule has 0 aliphatic carbocycles. The molecule has 7 aromatic rings. The van der Waals surface area contributed by atoms with Crippen LogP contribution in [0.4, 0.5) is 0 Å². The van der Waals surface area contributed by atoms with E-state index in [0.717, 1.165) is 16.6 Å². The molecule has 0 atom stereocenters. The first-order chi connectivity index (χ1) is 15.8. The van der Waals surface area contributed by atoms with Crippen molar-refractivity contribution in [3.63, 3.8) is 0 Å². The molecule has 4 aromatic heterocycles. The van der Waals surface area contributed by atoms with Crippen molar-refractivity contribution in [2.24, 2.45) is 0 Å². The zero-order valence-corrected chi connectivity index (χ0v) is 20.6. The number of fused-ring (bicyclic) bond motifs is 7. The molecule has 0 saturated heterocycles. The molecule has 0 bridgehead atoms. The highest BCUT2D eigenvalue weighted by Gasteiger charge is 2.24. The summed E-state index contributed by atoms with van der Waals surface area (Å²) in [5.74, 6) is 0. The molecule has 0 saturated carbocycles. The summed E-state index contributed by atoms with van der Waals surface area (Å²) < 4.78 is 2.46. The molecule has 4 heterocycles. The van der Waals surface area contributed by atoms with E-state index in [1.807, 2.05) is 0 Å². The Kier molecular flexibility index (Phi) is 3.51. The molecule has 0 N–H and O–H groups in total. The quantitative estimate of drug-likeness (QED) is 0.154. The second-order valence-electron chi connectivity index (χ2n) is 10.5. The van der Waals surface area contributed by atoms with Gasteiger partial charge in [0.15, 0.2) is 0 Å². The second-order valence-corrected chi connectivity index (χ2v) is 15.5. The number of rotatable bonds is 1. The maximum absolute atomic E-state index is 4.85.